The lowest BCUT2D eigenvalue weighted by molar-refractivity contribution is -0.0120. The summed E-state index contributed by atoms with van der Waals surface area (Å²) in [5.41, 5.74) is 0.936. The van der Waals surface area contributed by atoms with Gasteiger partial charge < -0.3 is 14.8 Å². The van der Waals surface area contributed by atoms with Crippen LogP contribution in [0.2, 0.25) is 0 Å². The number of anilines is 1. The molecule has 2 heterocycles. The maximum absolute atomic E-state index is 5.70. The van der Waals surface area contributed by atoms with Crippen LogP contribution in [0.3, 0.4) is 0 Å². The minimum atomic E-state index is 0.205. The van der Waals surface area contributed by atoms with Crippen molar-refractivity contribution in [1.82, 2.24) is 9.97 Å². The van der Waals surface area contributed by atoms with Gasteiger partial charge in [0.05, 0.1) is 11.7 Å². The van der Waals surface area contributed by atoms with E-state index in [1.807, 2.05) is 14.0 Å². The zero-order valence-electron chi connectivity index (χ0n) is 10.4. The molecule has 1 fully saturated rings. The molecule has 5 nitrogen and oxygen atoms in total. The van der Waals surface area contributed by atoms with Crippen molar-refractivity contribution in [2.45, 2.75) is 32.3 Å². The first-order valence-corrected chi connectivity index (χ1v) is 6.05. The van der Waals surface area contributed by atoms with Crippen molar-refractivity contribution in [3.8, 4) is 5.88 Å². The highest BCUT2D eigenvalue weighted by Gasteiger charge is 2.15. The first-order valence-electron chi connectivity index (χ1n) is 6.05. The number of hydrogen-bond acceptors (Lipinski definition) is 5. The highest BCUT2D eigenvalue weighted by atomic mass is 16.5. The number of ether oxygens (including phenoxy) is 2. The van der Waals surface area contributed by atoms with Gasteiger partial charge in [0, 0.05) is 13.7 Å². The normalized spacial score (nSPS) is 20.0. The van der Waals surface area contributed by atoms with Crippen molar-refractivity contribution < 1.29 is 9.47 Å². The van der Waals surface area contributed by atoms with Crippen molar-refractivity contribution in [1.29, 1.82) is 0 Å². The summed E-state index contributed by atoms with van der Waals surface area (Å²) in [4.78, 5) is 8.26. The summed E-state index contributed by atoms with van der Waals surface area (Å²) in [5.74, 6) is 1.44. The van der Waals surface area contributed by atoms with Crippen LogP contribution in [0.5, 0.6) is 5.88 Å². The van der Waals surface area contributed by atoms with E-state index in [4.69, 9.17) is 9.47 Å². The first kappa shape index (κ1) is 12.1. The summed E-state index contributed by atoms with van der Waals surface area (Å²) in [6.45, 7) is 3.36. The molecule has 2 rings (SSSR count). The van der Waals surface area contributed by atoms with Gasteiger partial charge in [0.2, 0.25) is 5.88 Å². The molecule has 5 heteroatoms. The van der Waals surface area contributed by atoms with Gasteiger partial charge in [-0.1, -0.05) is 0 Å². The molecular formula is C12H19N3O2. The molecule has 0 saturated carbocycles. The Morgan fingerprint density at radius 1 is 1.47 bits per heavy atom. The minimum absolute atomic E-state index is 0.205. The smallest absolute Gasteiger partial charge is 0.221 e. The minimum Gasteiger partial charge on any atom is -0.475 e. The van der Waals surface area contributed by atoms with Gasteiger partial charge in [-0.15, -0.1) is 0 Å². The van der Waals surface area contributed by atoms with E-state index < -0.39 is 0 Å². The monoisotopic (exact) mass is 237 g/mol. The molecule has 0 bridgehead atoms. The quantitative estimate of drug-likeness (QED) is 0.865. The zero-order chi connectivity index (χ0) is 12.1. The maximum Gasteiger partial charge on any atom is 0.221 e. The fourth-order valence-electron chi connectivity index (χ4n) is 1.94. The Morgan fingerprint density at radius 3 is 3.06 bits per heavy atom. The second kappa shape index (κ2) is 5.82. The Labute approximate surface area is 102 Å². The maximum atomic E-state index is 5.70. The number of nitrogens with zero attached hydrogens (tertiary/aromatic N) is 2. The Bertz CT molecular complexity index is 365. The summed E-state index contributed by atoms with van der Waals surface area (Å²) in [7, 11) is 1.84. The van der Waals surface area contributed by atoms with Crippen LogP contribution in [0.4, 0.5) is 5.82 Å². The number of aromatic nitrogens is 2. The molecule has 1 aromatic heterocycles. The number of hydrogen-bond donors (Lipinski definition) is 1. The van der Waals surface area contributed by atoms with E-state index in [2.05, 4.69) is 15.3 Å². The molecule has 94 valence electrons. The van der Waals surface area contributed by atoms with Gasteiger partial charge >= 0.3 is 0 Å². The Balaban J connectivity index is 1.93. The average molecular weight is 237 g/mol. The molecular weight excluding hydrogens is 218 g/mol. The fourth-order valence-corrected chi connectivity index (χ4v) is 1.94. The molecule has 0 aromatic carbocycles. The van der Waals surface area contributed by atoms with Crippen molar-refractivity contribution in [2.24, 2.45) is 0 Å². The first-order chi connectivity index (χ1) is 8.31. The van der Waals surface area contributed by atoms with Gasteiger partial charge in [-0.05, 0) is 26.2 Å². The molecule has 1 aliphatic rings. The van der Waals surface area contributed by atoms with Crippen molar-refractivity contribution in [2.75, 3.05) is 25.6 Å². The van der Waals surface area contributed by atoms with Gasteiger partial charge in [-0.25, -0.2) is 9.97 Å². The van der Waals surface area contributed by atoms with Crippen LogP contribution in [0, 0.1) is 6.92 Å². The van der Waals surface area contributed by atoms with Crippen molar-refractivity contribution in [3.05, 3.63) is 11.9 Å². The predicted octanol–water partition coefficient (Wildman–Crippen LogP) is 1.77. The molecule has 1 N–H and O–H groups in total. The average Bonchev–Trinajstić information content (AvgIpc) is 2.39. The third-order valence-corrected chi connectivity index (χ3v) is 2.95. The van der Waals surface area contributed by atoms with Gasteiger partial charge in [-0.2, -0.15) is 0 Å². The SMILES string of the molecule is CNc1ncnc(OCC2CCCCO2)c1C. The van der Waals surface area contributed by atoms with E-state index in [1.165, 1.54) is 12.7 Å². The second-order valence-corrected chi connectivity index (χ2v) is 4.20. The Hall–Kier alpha value is -1.36. The van der Waals surface area contributed by atoms with Gasteiger partial charge in [-0.3, -0.25) is 0 Å². The van der Waals surface area contributed by atoms with Crippen LogP contribution < -0.4 is 10.1 Å². The fraction of sp³-hybridized carbons (Fsp3) is 0.667. The van der Waals surface area contributed by atoms with Crippen LogP contribution in [-0.2, 0) is 4.74 Å². The lowest BCUT2D eigenvalue weighted by Crippen LogP contribution is -2.26. The number of nitrogens with one attached hydrogen (secondary N) is 1. The lowest BCUT2D eigenvalue weighted by atomic mass is 10.1. The molecule has 1 saturated heterocycles. The Kier molecular flexibility index (Phi) is 4.14. The van der Waals surface area contributed by atoms with Crippen LogP contribution in [0.1, 0.15) is 24.8 Å². The largest absolute Gasteiger partial charge is 0.475 e. The molecule has 0 amide bonds. The molecule has 0 spiro atoms. The molecule has 0 aliphatic carbocycles. The van der Waals surface area contributed by atoms with Crippen LogP contribution in [0.25, 0.3) is 0 Å². The molecule has 1 atom stereocenters. The molecule has 1 unspecified atom stereocenters. The summed E-state index contributed by atoms with van der Waals surface area (Å²) in [5, 5.41) is 3.01. The van der Waals surface area contributed by atoms with Crippen molar-refractivity contribution >= 4 is 5.82 Å². The summed E-state index contributed by atoms with van der Waals surface area (Å²) in [6, 6.07) is 0. The topological polar surface area (TPSA) is 56.3 Å². The standard InChI is InChI=1S/C12H19N3O2/c1-9-11(13-2)14-8-15-12(9)17-7-10-5-3-4-6-16-10/h8,10H,3-7H2,1-2H3,(H,13,14,15). The van der Waals surface area contributed by atoms with E-state index in [1.54, 1.807) is 0 Å². The summed E-state index contributed by atoms with van der Waals surface area (Å²) < 4.78 is 11.3. The summed E-state index contributed by atoms with van der Waals surface area (Å²) in [6.07, 6.45) is 5.17. The molecule has 1 aromatic rings. The van der Waals surface area contributed by atoms with E-state index in [9.17, 15) is 0 Å². The molecule has 0 radical (unpaired) electrons. The van der Waals surface area contributed by atoms with E-state index in [0.717, 1.165) is 30.8 Å². The van der Waals surface area contributed by atoms with Crippen molar-refractivity contribution in [3.63, 3.8) is 0 Å². The van der Waals surface area contributed by atoms with E-state index in [0.29, 0.717) is 12.5 Å². The third-order valence-electron chi connectivity index (χ3n) is 2.95. The lowest BCUT2D eigenvalue weighted by Gasteiger charge is -2.22. The van der Waals surface area contributed by atoms with Crippen LogP contribution >= 0.6 is 0 Å². The van der Waals surface area contributed by atoms with Crippen LogP contribution in [-0.4, -0.2) is 36.3 Å². The molecule has 17 heavy (non-hydrogen) atoms. The van der Waals surface area contributed by atoms with Crippen LogP contribution in [0.15, 0.2) is 6.33 Å². The summed E-state index contributed by atoms with van der Waals surface area (Å²) >= 11 is 0. The van der Waals surface area contributed by atoms with Gasteiger partial charge in [0.15, 0.2) is 0 Å². The highest BCUT2D eigenvalue weighted by molar-refractivity contribution is 5.46. The van der Waals surface area contributed by atoms with E-state index in [-0.39, 0.29) is 6.10 Å². The third kappa shape index (κ3) is 3.06. The van der Waals surface area contributed by atoms with Gasteiger partial charge in [0.25, 0.3) is 0 Å². The zero-order valence-corrected chi connectivity index (χ0v) is 10.4. The van der Waals surface area contributed by atoms with Gasteiger partial charge in [0.1, 0.15) is 18.8 Å². The predicted molar refractivity (Wildman–Crippen MR) is 65.4 cm³/mol. The number of rotatable bonds is 4. The Morgan fingerprint density at radius 2 is 2.35 bits per heavy atom. The highest BCUT2D eigenvalue weighted by Crippen LogP contribution is 2.21. The second-order valence-electron chi connectivity index (χ2n) is 4.20. The molecule has 1 aliphatic heterocycles. The van der Waals surface area contributed by atoms with E-state index >= 15 is 0 Å².